The molecule has 0 atom stereocenters. The molecule has 4 aromatic rings. The molecule has 0 aliphatic carbocycles. The Bertz CT molecular complexity index is 1190. The van der Waals surface area contributed by atoms with Crippen molar-refractivity contribution in [1.82, 2.24) is 9.97 Å². The number of benzene rings is 3. The average Bonchev–Trinajstić information content (AvgIpc) is 2.79. The van der Waals surface area contributed by atoms with Crippen LogP contribution in [0.15, 0.2) is 79.1 Å². The molecular formula is C23H21N5O2. The number of rotatable bonds is 6. The average molecular weight is 399 g/mol. The van der Waals surface area contributed by atoms with E-state index in [0.29, 0.717) is 6.54 Å². The van der Waals surface area contributed by atoms with Crippen molar-refractivity contribution >= 4 is 39.5 Å². The van der Waals surface area contributed by atoms with E-state index in [4.69, 9.17) is 0 Å². The summed E-state index contributed by atoms with van der Waals surface area (Å²) < 4.78 is 0. The van der Waals surface area contributed by atoms with E-state index >= 15 is 0 Å². The molecule has 0 fully saturated rings. The Labute approximate surface area is 174 Å². The summed E-state index contributed by atoms with van der Waals surface area (Å²) in [5.74, 6) is 0.515. The lowest BCUT2D eigenvalue weighted by Gasteiger charge is -2.25. The van der Waals surface area contributed by atoms with Crippen molar-refractivity contribution in [3.05, 3.63) is 89.2 Å². The van der Waals surface area contributed by atoms with Crippen molar-refractivity contribution in [2.24, 2.45) is 0 Å². The lowest BCUT2D eigenvalue weighted by Crippen LogP contribution is -2.21. The summed E-state index contributed by atoms with van der Waals surface area (Å²) in [7, 11) is 1.77. The van der Waals surface area contributed by atoms with Gasteiger partial charge in [0.1, 0.15) is 6.33 Å². The third-order valence-electron chi connectivity index (χ3n) is 5.06. The van der Waals surface area contributed by atoms with E-state index in [1.54, 1.807) is 11.9 Å². The van der Waals surface area contributed by atoms with Gasteiger partial charge in [0, 0.05) is 24.7 Å². The van der Waals surface area contributed by atoms with E-state index in [2.05, 4.69) is 9.97 Å². The number of anilines is 4. The third kappa shape index (κ3) is 3.41. The highest BCUT2D eigenvalue weighted by Crippen LogP contribution is 2.40. The molecular weight excluding hydrogens is 378 g/mol. The molecule has 0 saturated carbocycles. The maximum absolute atomic E-state index is 12.2. The molecule has 0 unspecified atom stereocenters. The zero-order valence-corrected chi connectivity index (χ0v) is 16.8. The van der Waals surface area contributed by atoms with Crippen molar-refractivity contribution in [3.63, 3.8) is 0 Å². The highest BCUT2D eigenvalue weighted by molar-refractivity contribution is 5.97. The number of hydrogen-bond acceptors (Lipinski definition) is 6. The Morgan fingerprint density at radius 3 is 2.30 bits per heavy atom. The molecule has 150 valence electrons. The highest BCUT2D eigenvalue weighted by Gasteiger charge is 2.30. The fraction of sp³-hybridized carbons (Fsp3) is 0.130. The second-order valence-corrected chi connectivity index (χ2v) is 6.76. The van der Waals surface area contributed by atoms with Gasteiger partial charge in [-0.1, -0.05) is 54.6 Å². The number of aromatic nitrogens is 2. The fourth-order valence-corrected chi connectivity index (χ4v) is 3.62. The van der Waals surface area contributed by atoms with Crippen molar-refractivity contribution in [3.8, 4) is 0 Å². The number of nitro groups is 1. The number of hydrogen-bond donors (Lipinski definition) is 0. The summed E-state index contributed by atoms with van der Waals surface area (Å²) in [5, 5.41) is 14.2. The molecule has 30 heavy (non-hydrogen) atoms. The molecule has 1 aromatic heterocycles. The van der Waals surface area contributed by atoms with Crippen LogP contribution in [-0.2, 0) is 0 Å². The van der Waals surface area contributed by atoms with Crippen LogP contribution in [0.2, 0.25) is 0 Å². The first-order chi connectivity index (χ1) is 14.6. The summed E-state index contributed by atoms with van der Waals surface area (Å²) in [6.07, 6.45) is 1.38. The van der Waals surface area contributed by atoms with Crippen LogP contribution in [0.3, 0.4) is 0 Å². The topological polar surface area (TPSA) is 75.4 Å². The minimum absolute atomic E-state index is 0.126. The van der Waals surface area contributed by atoms with Gasteiger partial charge in [0.2, 0.25) is 11.6 Å². The first kappa shape index (κ1) is 19.3. The van der Waals surface area contributed by atoms with E-state index in [-0.39, 0.29) is 17.3 Å². The molecule has 0 bridgehead atoms. The van der Waals surface area contributed by atoms with Crippen LogP contribution in [0.1, 0.15) is 6.92 Å². The molecule has 0 aliphatic rings. The summed E-state index contributed by atoms with van der Waals surface area (Å²) >= 11 is 0. The van der Waals surface area contributed by atoms with E-state index in [0.717, 1.165) is 22.1 Å². The summed E-state index contributed by atoms with van der Waals surface area (Å²) in [4.78, 5) is 23.9. The van der Waals surface area contributed by atoms with E-state index in [1.807, 2.05) is 84.6 Å². The molecule has 0 saturated heterocycles. The zero-order valence-electron chi connectivity index (χ0n) is 16.8. The van der Waals surface area contributed by atoms with Gasteiger partial charge in [-0.25, -0.2) is 9.97 Å². The maximum atomic E-state index is 12.2. The van der Waals surface area contributed by atoms with Crippen LogP contribution in [0.5, 0.6) is 0 Å². The van der Waals surface area contributed by atoms with Crippen LogP contribution < -0.4 is 9.80 Å². The van der Waals surface area contributed by atoms with Gasteiger partial charge >= 0.3 is 5.69 Å². The van der Waals surface area contributed by atoms with Crippen LogP contribution in [0.25, 0.3) is 10.8 Å². The minimum atomic E-state index is -0.405. The number of nitrogens with zero attached hydrogens (tertiary/aromatic N) is 5. The van der Waals surface area contributed by atoms with Crippen molar-refractivity contribution in [2.75, 3.05) is 23.4 Å². The van der Waals surface area contributed by atoms with E-state index < -0.39 is 4.92 Å². The number of para-hydroxylation sites is 1. The third-order valence-corrected chi connectivity index (χ3v) is 5.06. The van der Waals surface area contributed by atoms with Gasteiger partial charge < -0.3 is 9.80 Å². The Morgan fingerprint density at radius 2 is 1.57 bits per heavy atom. The normalized spacial score (nSPS) is 10.7. The van der Waals surface area contributed by atoms with Crippen LogP contribution >= 0.6 is 0 Å². The predicted octanol–water partition coefficient (Wildman–Crippen LogP) is 5.46. The SMILES string of the molecule is CCN(c1ncnc(N(C)c2ccccc2)c1[N+](=O)[O-])c1cccc2ccccc12. The predicted molar refractivity (Wildman–Crippen MR) is 120 cm³/mol. The van der Waals surface area contributed by atoms with Crippen LogP contribution in [0, 0.1) is 10.1 Å². The monoisotopic (exact) mass is 399 g/mol. The zero-order chi connectivity index (χ0) is 21.1. The van der Waals surface area contributed by atoms with Crippen LogP contribution in [-0.4, -0.2) is 28.5 Å². The standard InChI is InChI=1S/C23H21N5O2/c1-3-27(20-15-9-11-17-10-7-8-14-19(17)20)23-21(28(29)30)22(24-16-25-23)26(2)18-12-5-4-6-13-18/h4-16H,3H2,1-2H3. The van der Waals surface area contributed by atoms with Gasteiger partial charge in [-0.15, -0.1) is 0 Å². The second kappa shape index (κ2) is 8.16. The van der Waals surface area contributed by atoms with Crippen LogP contribution in [0.4, 0.5) is 28.7 Å². The molecule has 3 aromatic carbocycles. The highest BCUT2D eigenvalue weighted by atomic mass is 16.6. The molecule has 0 amide bonds. The summed E-state index contributed by atoms with van der Waals surface area (Å²) in [6.45, 7) is 2.47. The Morgan fingerprint density at radius 1 is 0.900 bits per heavy atom. The molecule has 7 heteroatoms. The quantitative estimate of drug-likeness (QED) is 0.316. The van der Waals surface area contributed by atoms with Gasteiger partial charge in [0.15, 0.2) is 0 Å². The van der Waals surface area contributed by atoms with Gasteiger partial charge in [-0.3, -0.25) is 10.1 Å². The van der Waals surface area contributed by atoms with Gasteiger partial charge in [0.25, 0.3) is 0 Å². The first-order valence-corrected chi connectivity index (χ1v) is 9.65. The van der Waals surface area contributed by atoms with Gasteiger partial charge in [-0.2, -0.15) is 0 Å². The Balaban J connectivity index is 1.90. The molecule has 7 nitrogen and oxygen atoms in total. The lowest BCUT2D eigenvalue weighted by molar-refractivity contribution is -0.383. The van der Waals surface area contributed by atoms with Crippen molar-refractivity contribution in [1.29, 1.82) is 0 Å². The maximum Gasteiger partial charge on any atom is 0.354 e. The molecule has 0 N–H and O–H groups in total. The van der Waals surface area contributed by atoms with Gasteiger partial charge in [0.05, 0.1) is 10.6 Å². The number of fused-ring (bicyclic) bond motifs is 1. The molecule has 0 spiro atoms. The summed E-state index contributed by atoms with van der Waals surface area (Å²) in [6, 6.07) is 23.3. The lowest BCUT2D eigenvalue weighted by atomic mass is 10.1. The van der Waals surface area contributed by atoms with Gasteiger partial charge in [-0.05, 0) is 30.5 Å². The largest absolute Gasteiger partial charge is 0.354 e. The summed E-state index contributed by atoms with van der Waals surface area (Å²) in [5.41, 5.74) is 1.54. The fourth-order valence-electron chi connectivity index (χ4n) is 3.62. The van der Waals surface area contributed by atoms with E-state index in [9.17, 15) is 10.1 Å². The molecule has 0 radical (unpaired) electrons. The van der Waals surface area contributed by atoms with Crippen molar-refractivity contribution in [2.45, 2.75) is 6.92 Å². The molecule has 0 aliphatic heterocycles. The Hall–Kier alpha value is -4.00. The van der Waals surface area contributed by atoms with E-state index in [1.165, 1.54) is 6.33 Å². The minimum Gasteiger partial charge on any atom is -0.324 e. The Kier molecular flexibility index (Phi) is 5.26. The molecule has 4 rings (SSSR count). The molecule has 1 heterocycles. The second-order valence-electron chi connectivity index (χ2n) is 6.76. The smallest absolute Gasteiger partial charge is 0.324 e. The first-order valence-electron chi connectivity index (χ1n) is 9.65. The van der Waals surface area contributed by atoms with Crippen molar-refractivity contribution < 1.29 is 4.92 Å².